The molecular formula is C6H4BrNO2. The Morgan fingerprint density at radius 3 is 2.70 bits per heavy atom. The summed E-state index contributed by atoms with van der Waals surface area (Å²) in [4.78, 5) is 23.1. The molecule has 0 aliphatic rings. The van der Waals surface area contributed by atoms with Crippen molar-refractivity contribution in [1.82, 2.24) is 4.98 Å². The van der Waals surface area contributed by atoms with Gasteiger partial charge in [-0.15, -0.1) is 0 Å². The van der Waals surface area contributed by atoms with Gasteiger partial charge in [0, 0.05) is 10.5 Å². The van der Waals surface area contributed by atoms with Gasteiger partial charge in [-0.1, -0.05) is 15.9 Å². The Bertz CT molecular complexity index is 305. The molecule has 3 nitrogen and oxygen atoms in total. The van der Waals surface area contributed by atoms with Crippen molar-refractivity contribution in [2.24, 2.45) is 0 Å². The number of carbonyl (C=O) groups excluding carboxylic acids is 1. The molecule has 0 radical (unpaired) electrons. The van der Waals surface area contributed by atoms with Gasteiger partial charge in [-0.2, -0.15) is 0 Å². The predicted octanol–water partition coefficient (Wildman–Crippen LogP) is 0.950. The molecule has 0 fully saturated rings. The molecule has 0 spiro atoms. The number of halogens is 1. The smallest absolute Gasteiger partial charge is 0.249 e. The van der Waals surface area contributed by atoms with Crippen LogP contribution in [0.15, 0.2) is 21.4 Å². The molecule has 1 N–H and O–H groups in total. The molecule has 0 saturated heterocycles. The van der Waals surface area contributed by atoms with Crippen molar-refractivity contribution in [3.05, 3.63) is 32.7 Å². The summed E-state index contributed by atoms with van der Waals surface area (Å²) in [6.07, 6.45) is 0.589. The molecule has 0 aliphatic carbocycles. The number of pyridine rings is 1. The van der Waals surface area contributed by atoms with Gasteiger partial charge in [0.15, 0.2) is 6.29 Å². The largest absolute Gasteiger partial charge is 0.320 e. The number of rotatable bonds is 1. The van der Waals surface area contributed by atoms with Crippen molar-refractivity contribution in [2.45, 2.75) is 0 Å². The summed E-state index contributed by atoms with van der Waals surface area (Å²) in [7, 11) is 0. The molecule has 0 bridgehead atoms. The summed E-state index contributed by atoms with van der Waals surface area (Å²) in [5.74, 6) is 0. The topological polar surface area (TPSA) is 49.9 Å². The molecule has 1 rings (SSSR count). The molecule has 0 atom stereocenters. The maximum Gasteiger partial charge on any atom is 0.249 e. The van der Waals surface area contributed by atoms with E-state index < -0.39 is 0 Å². The van der Waals surface area contributed by atoms with Crippen LogP contribution in [0.1, 0.15) is 10.5 Å². The van der Waals surface area contributed by atoms with Gasteiger partial charge in [0.2, 0.25) is 5.56 Å². The van der Waals surface area contributed by atoms with E-state index in [1.807, 2.05) is 0 Å². The average molecular weight is 202 g/mol. The van der Waals surface area contributed by atoms with Crippen LogP contribution in [0.3, 0.4) is 0 Å². The molecule has 0 aliphatic heterocycles. The molecule has 52 valence electrons. The Hall–Kier alpha value is -0.900. The van der Waals surface area contributed by atoms with Gasteiger partial charge in [0.25, 0.3) is 0 Å². The highest BCUT2D eigenvalue weighted by molar-refractivity contribution is 9.10. The summed E-state index contributed by atoms with van der Waals surface area (Å²) in [6, 6.07) is 2.89. The van der Waals surface area contributed by atoms with Crippen LogP contribution in [-0.4, -0.2) is 11.3 Å². The first-order chi connectivity index (χ1) is 4.72. The van der Waals surface area contributed by atoms with E-state index in [1.165, 1.54) is 12.1 Å². The number of hydrogen-bond donors (Lipinski definition) is 1. The molecule has 0 unspecified atom stereocenters. The van der Waals surface area contributed by atoms with Crippen molar-refractivity contribution in [2.75, 3.05) is 0 Å². The lowest BCUT2D eigenvalue weighted by Crippen LogP contribution is -2.06. The summed E-state index contributed by atoms with van der Waals surface area (Å²) in [5.41, 5.74) is -0.00384. The lowest BCUT2D eigenvalue weighted by Gasteiger charge is -1.89. The molecule has 1 aromatic rings. The van der Waals surface area contributed by atoms with E-state index in [9.17, 15) is 9.59 Å². The van der Waals surface area contributed by atoms with E-state index in [1.54, 1.807) is 0 Å². The summed E-state index contributed by atoms with van der Waals surface area (Å²) in [6.45, 7) is 0. The second-order valence-electron chi connectivity index (χ2n) is 1.74. The van der Waals surface area contributed by atoms with Crippen molar-refractivity contribution in [1.29, 1.82) is 0 Å². The van der Waals surface area contributed by atoms with E-state index in [0.29, 0.717) is 10.8 Å². The number of aromatic amines is 1. The minimum absolute atomic E-state index is 0.277. The number of H-pyrrole nitrogens is 1. The van der Waals surface area contributed by atoms with E-state index in [2.05, 4.69) is 20.9 Å². The zero-order valence-electron chi connectivity index (χ0n) is 4.93. The molecule has 4 heteroatoms. The fourth-order valence-electron chi connectivity index (χ4n) is 0.593. The van der Waals surface area contributed by atoms with Crippen LogP contribution in [0.5, 0.6) is 0 Å². The van der Waals surface area contributed by atoms with Gasteiger partial charge in [0.1, 0.15) is 0 Å². The minimum Gasteiger partial charge on any atom is -0.320 e. The lowest BCUT2D eigenvalue weighted by atomic mass is 10.4. The van der Waals surface area contributed by atoms with Crippen LogP contribution < -0.4 is 5.56 Å². The van der Waals surface area contributed by atoms with Gasteiger partial charge in [-0.05, 0) is 6.07 Å². The number of hydrogen-bond acceptors (Lipinski definition) is 2. The third-order valence-electron chi connectivity index (χ3n) is 0.957. The molecular weight excluding hydrogens is 198 g/mol. The van der Waals surface area contributed by atoms with Gasteiger partial charge in [0.05, 0.1) is 5.69 Å². The Balaban J connectivity index is 3.32. The Kier molecular flexibility index (Phi) is 2.01. The summed E-state index contributed by atoms with van der Waals surface area (Å²) in [5, 5.41) is 0. The Labute approximate surface area is 65.2 Å². The highest BCUT2D eigenvalue weighted by atomic mass is 79.9. The quantitative estimate of drug-likeness (QED) is 0.689. The standard InChI is InChI=1S/C6H4BrNO2/c7-4-1-5(3-9)8-6(10)2-4/h1-3H,(H,8,10). The minimum atomic E-state index is -0.281. The van der Waals surface area contributed by atoms with Gasteiger partial charge in [-0.25, -0.2) is 0 Å². The van der Waals surface area contributed by atoms with Crippen LogP contribution in [0, 0.1) is 0 Å². The van der Waals surface area contributed by atoms with Gasteiger partial charge < -0.3 is 4.98 Å². The third-order valence-corrected chi connectivity index (χ3v) is 1.41. The van der Waals surface area contributed by atoms with E-state index in [0.717, 1.165) is 0 Å². The molecule has 1 heterocycles. The first-order valence-corrected chi connectivity index (χ1v) is 3.37. The first-order valence-electron chi connectivity index (χ1n) is 2.57. The molecule has 1 aromatic heterocycles. The lowest BCUT2D eigenvalue weighted by molar-refractivity contribution is 0.111. The van der Waals surface area contributed by atoms with Crippen molar-refractivity contribution < 1.29 is 4.79 Å². The SMILES string of the molecule is O=Cc1cc(Br)cc(=O)[nH]1. The third kappa shape index (κ3) is 1.54. The van der Waals surface area contributed by atoms with Gasteiger partial charge >= 0.3 is 0 Å². The maximum absolute atomic E-state index is 10.6. The monoisotopic (exact) mass is 201 g/mol. The summed E-state index contributed by atoms with van der Waals surface area (Å²) < 4.78 is 0.610. The zero-order chi connectivity index (χ0) is 7.56. The van der Waals surface area contributed by atoms with Crippen LogP contribution in [0.25, 0.3) is 0 Å². The van der Waals surface area contributed by atoms with E-state index >= 15 is 0 Å². The summed E-state index contributed by atoms with van der Waals surface area (Å²) >= 11 is 3.07. The van der Waals surface area contributed by atoms with E-state index in [-0.39, 0.29) is 11.3 Å². The van der Waals surface area contributed by atoms with Crippen LogP contribution in [-0.2, 0) is 0 Å². The van der Waals surface area contributed by atoms with Crippen molar-refractivity contribution in [3.8, 4) is 0 Å². The number of carbonyl (C=O) groups is 1. The Morgan fingerprint density at radius 1 is 1.50 bits per heavy atom. The average Bonchev–Trinajstić information content (AvgIpc) is 1.85. The highest BCUT2D eigenvalue weighted by Gasteiger charge is 1.92. The molecule has 0 amide bonds. The van der Waals surface area contributed by atoms with Crippen molar-refractivity contribution >= 4 is 22.2 Å². The fraction of sp³-hybridized carbons (Fsp3) is 0. The molecule has 10 heavy (non-hydrogen) atoms. The molecule has 0 saturated carbocycles. The number of aromatic nitrogens is 1. The number of aldehydes is 1. The van der Waals surface area contributed by atoms with E-state index in [4.69, 9.17) is 0 Å². The van der Waals surface area contributed by atoms with Crippen LogP contribution in [0.4, 0.5) is 0 Å². The van der Waals surface area contributed by atoms with Crippen molar-refractivity contribution in [3.63, 3.8) is 0 Å². The number of nitrogens with one attached hydrogen (secondary N) is 1. The van der Waals surface area contributed by atoms with Crippen LogP contribution in [0.2, 0.25) is 0 Å². The fourth-order valence-corrected chi connectivity index (χ4v) is 1.05. The second-order valence-corrected chi connectivity index (χ2v) is 2.65. The molecule has 0 aromatic carbocycles. The predicted molar refractivity (Wildman–Crippen MR) is 40.2 cm³/mol. The second kappa shape index (κ2) is 2.79. The Morgan fingerprint density at radius 2 is 2.20 bits per heavy atom. The maximum atomic E-state index is 10.6. The van der Waals surface area contributed by atoms with Gasteiger partial charge in [-0.3, -0.25) is 9.59 Å². The zero-order valence-corrected chi connectivity index (χ0v) is 6.51. The first kappa shape index (κ1) is 7.21. The normalized spacial score (nSPS) is 9.30. The highest BCUT2D eigenvalue weighted by Crippen LogP contribution is 2.04. The van der Waals surface area contributed by atoms with Crippen LogP contribution >= 0.6 is 15.9 Å².